The van der Waals surface area contributed by atoms with Crippen molar-refractivity contribution in [3.8, 4) is 0 Å². The highest BCUT2D eigenvalue weighted by atomic mass is 16.5. The van der Waals surface area contributed by atoms with Gasteiger partial charge in [0.25, 0.3) is 5.91 Å². The van der Waals surface area contributed by atoms with Crippen LogP contribution in [0.1, 0.15) is 17.0 Å². The number of carbonyl (C=O) groups excluding carboxylic acids is 2. The Balaban J connectivity index is 2.44. The van der Waals surface area contributed by atoms with E-state index < -0.39 is 0 Å². The first-order chi connectivity index (χ1) is 7.15. The summed E-state index contributed by atoms with van der Waals surface area (Å²) in [7, 11) is 2.88. The Bertz CT molecular complexity index is 336. The molecule has 0 radical (unpaired) electrons. The third-order valence-electron chi connectivity index (χ3n) is 1.84. The van der Waals surface area contributed by atoms with Gasteiger partial charge < -0.3 is 9.64 Å². The lowest BCUT2D eigenvalue weighted by atomic mass is 10.4. The van der Waals surface area contributed by atoms with E-state index in [2.05, 4.69) is 19.9 Å². The Morgan fingerprint density at radius 3 is 2.87 bits per heavy atom. The van der Waals surface area contributed by atoms with E-state index in [0.29, 0.717) is 0 Å². The summed E-state index contributed by atoms with van der Waals surface area (Å²) in [6.45, 7) is 0.284. The zero-order valence-corrected chi connectivity index (χ0v) is 8.56. The predicted octanol–water partition coefficient (Wildman–Crippen LogP) is -0.560. The van der Waals surface area contributed by atoms with E-state index in [1.807, 2.05) is 0 Å². The number of amides is 1. The van der Waals surface area contributed by atoms with Gasteiger partial charge in [-0.2, -0.15) is 5.10 Å². The molecular weight excluding hydrogens is 200 g/mol. The van der Waals surface area contributed by atoms with E-state index in [1.54, 1.807) is 7.05 Å². The van der Waals surface area contributed by atoms with Gasteiger partial charge in [0.05, 0.1) is 13.5 Å². The van der Waals surface area contributed by atoms with Crippen LogP contribution in [0, 0.1) is 0 Å². The molecule has 1 aromatic heterocycles. The number of aromatic nitrogens is 3. The summed E-state index contributed by atoms with van der Waals surface area (Å²) in [5.41, 5.74) is 0. The van der Waals surface area contributed by atoms with Gasteiger partial charge in [-0.05, 0) is 0 Å². The molecule has 1 aromatic rings. The first-order valence-corrected chi connectivity index (χ1v) is 4.32. The van der Waals surface area contributed by atoms with Gasteiger partial charge in [0.1, 0.15) is 6.33 Å². The second kappa shape index (κ2) is 5.08. The molecule has 7 heteroatoms. The van der Waals surface area contributed by atoms with E-state index in [9.17, 15) is 9.59 Å². The van der Waals surface area contributed by atoms with E-state index in [0.717, 1.165) is 0 Å². The maximum atomic E-state index is 11.5. The Hall–Kier alpha value is -1.92. The highest BCUT2D eigenvalue weighted by Crippen LogP contribution is 1.96. The lowest BCUT2D eigenvalue weighted by Crippen LogP contribution is -2.30. The second-order valence-corrected chi connectivity index (χ2v) is 2.89. The van der Waals surface area contributed by atoms with Gasteiger partial charge in [0.2, 0.25) is 5.82 Å². The number of H-pyrrole nitrogens is 1. The van der Waals surface area contributed by atoms with Gasteiger partial charge in [-0.1, -0.05) is 0 Å². The van der Waals surface area contributed by atoms with Crippen molar-refractivity contribution in [3.05, 3.63) is 12.2 Å². The fraction of sp³-hybridized carbons (Fsp3) is 0.500. The van der Waals surface area contributed by atoms with Crippen LogP contribution in [0.5, 0.6) is 0 Å². The standard InChI is InChI=1S/C8H12N4O3/c1-12(4-3-6(13)15-2)8(14)7-9-5-10-11-7/h5H,3-4H2,1-2H3,(H,9,10,11). The van der Waals surface area contributed by atoms with Gasteiger partial charge >= 0.3 is 5.97 Å². The zero-order chi connectivity index (χ0) is 11.3. The molecule has 0 aliphatic heterocycles. The topological polar surface area (TPSA) is 88.2 Å². The van der Waals surface area contributed by atoms with Gasteiger partial charge in [0.15, 0.2) is 0 Å². The van der Waals surface area contributed by atoms with Crippen molar-refractivity contribution < 1.29 is 14.3 Å². The van der Waals surface area contributed by atoms with E-state index in [-0.39, 0.29) is 30.7 Å². The third kappa shape index (κ3) is 3.04. The first-order valence-electron chi connectivity index (χ1n) is 4.32. The fourth-order valence-electron chi connectivity index (χ4n) is 0.952. The van der Waals surface area contributed by atoms with Gasteiger partial charge in [-0.3, -0.25) is 14.7 Å². The van der Waals surface area contributed by atoms with Crippen LogP contribution in [0.25, 0.3) is 0 Å². The van der Waals surface area contributed by atoms with E-state index >= 15 is 0 Å². The highest BCUT2D eigenvalue weighted by Gasteiger charge is 2.15. The Kier molecular flexibility index (Phi) is 3.78. The monoisotopic (exact) mass is 212 g/mol. The predicted molar refractivity (Wildman–Crippen MR) is 50.0 cm³/mol. The van der Waals surface area contributed by atoms with Gasteiger partial charge in [-0.25, -0.2) is 4.98 Å². The normalized spacial score (nSPS) is 9.73. The molecule has 0 fully saturated rings. The first kappa shape index (κ1) is 11.2. The van der Waals surface area contributed by atoms with Crippen molar-refractivity contribution >= 4 is 11.9 Å². The SMILES string of the molecule is COC(=O)CCN(C)C(=O)c1ncn[nH]1. The molecule has 0 bridgehead atoms. The number of ether oxygens (including phenoxy) is 1. The van der Waals surface area contributed by atoms with Crippen molar-refractivity contribution in [2.45, 2.75) is 6.42 Å². The molecule has 0 aliphatic rings. The lowest BCUT2D eigenvalue weighted by Gasteiger charge is -2.14. The molecule has 0 spiro atoms. The molecule has 15 heavy (non-hydrogen) atoms. The number of hydrogen-bond acceptors (Lipinski definition) is 5. The summed E-state index contributed by atoms with van der Waals surface area (Å²) in [6.07, 6.45) is 1.41. The average molecular weight is 212 g/mol. The van der Waals surface area contributed by atoms with Crippen LogP contribution < -0.4 is 0 Å². The summed E-state index contributed by atoms with van der Waals surface area (Å²) in [5.74, 6) is -0.508. The number of esters is 1. The maximum Gasteiger partial charge on any atom is 0.307 e. The van der Waals surface area contributed by atoms with Crippen molar-refractivity contribution in [1.82, 2.24) is 20.1 Å². The zero-order valence-electron chi connectivity index (χ0n) is 8.56. The molecule has 1 amide bonds. The summed E-state index contributed by atoms with van der Waals surface area (Å²) < 4.78 is 4.46. The van der Waals surface area contributed by atoms with E-state index in [4.69, 9.17) is 0 Å². The minimum absolute atomic E-state index is 0.155. The van der Waals surface area contributed by atoms with Crippen LogP contribution in [0.4, 0.5) is 0 Å². The maximum absolute atomic E-state index is 11.5. The minimum atomic E-state index is -0.354. The largest absolute Gasteiger partial charge is 0.469 e. The van der Waals surface area contributed by atoms with Crippen molar-refractivity contribution in [2.75, 3.05) is 20.7 Å². The third-order valence-corrected chi connectivity index (χ3v) is 1.84. The molecule has 0 unspecified atom stereocenters. The number of nitrogens with zero attached hydrogens (tertiary/aromatic N) is 3. The quantitative estimate of drug-likeness (QED) is 0.676. The molecule has 1 N–H and O–H groups in total. The molecule has 7 nitrogen and oxygen atoms in total. The smallest absolute Gasteiger partial charge is 0.307 e. The van der Waals surface area contributed by atoms with Crippen LogP contribution >= 0.6 is 0 Å². The molecule has 1 heterocycles. The van der Waals surface area contributed by atoms with Crippen LogP contribution in [0.2, 0.25) is 0 Å². The van der Waals surface area contributed by atoms with Crippen molar-refractivity contribution in [3.63, 3.8) is 0 Å². The van der Waals surface area contributed by atoms with Crippen LogP contribution in [0.15, 0.2) is 6.33 Å². The highest BCUT2D eigenvalue weighted by molar-refractivity contribution is 5.90. The number of aromatic amines is 1. The Labute approximate surface area is 86.4 Å². The lowest BCUT2D eigenvalue weighted by molar-refractivity contribution is -0.140. The van der Waals surface area contributed by atoms with Crippen molar-refractivity contribution in [2.24, 2.45) is 0 Å². The molecular formula is C8H12N4O3. The Morgan fingerprint density at radius 2 is 2.33 bits per heavy atom. The van der Waals surface area contributed by atoms with Crippen LogP contribution in [-0.2, 0) is 9.53 Å². The van der Waals surface area contributed by atoms with Gasteiger partial charge in [0, 0.05) is 13.6 Å². The number of methoxy groups -OCH3 is 1. The number of rotatable bonds is 4. The summed E-state index contributed by atoms with van der Waals surface area (Å²) >= 11 is 0. The minimum Gasteiger partial charge on any atom is -0.469 e. The molecule has 1 rings (SSSR count). The molecule has 0 aliphatic carbocycles. The van der Waals surface area contributed by atoms with Gasteiger partial charge in [-0.15, -0.1) is 0 Å². The average Bonchev–Trinajstić information content (AvgIpc) is 2.77. The fourth-order valence-corrected chi connectivity index (χ4v) is 0.952. The van der Waals surface area contributed by atoms with Crippen LogP contribution in [-0.4, -0.2) is 52.7 Å². The molecule has 0 atom stereocenters. The number of nitrogens with one attached hydrogen (secondary N) is 1. The number of carbonyl (C=O) groups is 2. The Morgan fingerprint density at radius 1 is 1.60 bits per heavy atom. The summed E-state index contributed by atoms with van der Waals surface area (Å²) in [5, 5.41) is 6.01. The van der Waals surface area contributed by atoms with Crippen molar-refractivity contribution in [1.29, 1.82) is 0 Å². The summed E-state index contributed by atoms with van der Waals surface area (Å²) in [4.78, 5) is 27.5. The molecule has 0 saturated heterocycles. The number of hydrogen-bond donors (Lipinski definition) is 1. The second-order valence-electron chi connectivity index (χ2n) is 2.89. The summed E-state index contributed by atoms with van der Waals surface area (Å²) in [6, 6.07) is 0. The molecule has 82 valence electrons. The van der Waals surface area contributed by atoms with Crippen LogP contribution in [0.3, 0.4) is 0 Å². The molecule has 0 saturated carbocycles. The van der Waals surface area contributed by atoms with E-state index in [1.165, 1.54) is 18.3 Å². The molecule has 0 aromatic carbocycles.